The summed E-state index contributed by atoms with van der Waals surface area (Å²) < 4.78 is 0. The molecule has 1 rings (SSSR count). The van der Waals surface area contributed by atoms with Crippen LogP contribution in [0.3, 0.4) is 0 Å². The summed E-state index contributed by atoms with van der Waals surface area (Å²) in [5.41, 5.74) is 6.40. The summed E-state index contributed by atoms with van der Waals surface area (Å²) in [6, 6.07) is 2.18. The van der Waals surface area contributed by atoms with Crippen molar-refractivity contribution in [2.75, 3.05) is 0 Å². The monoisotopic (exact) mass is 134 g/mol. The third-order valence-electron chi connectivity index (χ3n) is 1.82. The molecule has 0 aliphatic heterocycles. The zero-order valence-corrected chi connectivity index (χ0v) is 5.91. The molecule has 2 unspecified atom stereocenters. The summed E-state index contributed by atoms with van der Waals surface area (Å²) in [5, 5.41) is 8.60. The van der Waals surface area contributed by atoms with Crippen LogP contribution in [-0.4, -0.2) is 0 Å². The summed E-state index contributed by atoms with van der Waals surface area (Å²) in [4.78, 5) is 0. The second kappa shape index (κ2) is 2.57. The maximum Gasteiger partial charge on any atom is 0.0726 e. The summed E-state index contributed by atoms with van der Waals surface area (Å²) >= 11 is 0. The van der Waals surface area contributed by atoms with E-state index in [1.165, 1.54) is 0 Å². The van der Waals surface area contributed by atoms with Gasteiger partial charge in [0.1, 0.15) is 0 Å². The maximum atomic E-state index is 8.60. The lowest BCUT2D eigenvalue weighted by Crippen LogP contribution is -2.18. The van der Waals surface area contributed by atoms with Crippen LogP contribution in [0.5, 0.6) is 0 Å². The van der Waals surface area contributed by atoms with Gasteiger partial charge < -0.3 is 5.73 Å². The van der Waals surface area contributed by atoms with E-state index < -0.39 is 0 Å². The largest absolute Gasteiger partial charge is 0.402 e. The Kier molecular flexibility index (Phi) is 1.77. The van der Waals surface area contributed by atoms with Gasteiger partial charge in [0.25, 0.3) is 0 Å². The first-order valence-corrected chi connectivity index (χ1v) is 3.29. The summed E-state index contributed by atoms with van der Waals surface area (Å²) in [6.45, 7) is 1.96. The molecule has 0 aromatic heterocycles. The lowest BCUT2D eigenvalue weighted by Gasteiger charge is -2.17. The molecule has 2 atom stereocenters. The Labute approximate surface area is 60.6 Å². The fraction of sp³-hybridized carbons (Fsp3) is 0.375. The van der Waals surface area contributed by atoms with Gasteiger partial charge in [-0.25, -0.2) is 0 Å². The first-order chi connectivity index (χ1) is 4.75. The van der Waals surface area contributed by atoms with Crippen LogP contribution in [0.1, 0.15) is 6.92 Å². The molecule has 0 amide bonds. The van der Waals surface area contributed by atoms with Gasteiger partial charge in [-0.15, -0.1) is 0 Å². The van der Waals surface area contributed by atoms with Crippen LogP contribution in [-0.2, 0) is 0 Å². The van der Waals surface area contributed by atoms with Crippen molar-refractivity contribution in [2.24, 2.45) is 17.6 Å². The van der Waals surface area contributed by atoms with Gasteiger partial charge in [-0.3, -0.25) is 0 Å². The van der Waals surface area contributed by atoms with Gasteiger partial charge >= 0.3 is 0 Å². The molecule has 2 nitrogen and oxygen atoms in total. The van der Waals surface area contributed by atoms with Crippen LogP contribution in [0.2, 0.25) is 0 Å². The van der Waals surface area contributed by atoms with E-state index >= 15 is 0 Å². The Morgan fingerprint density at radius 3 is 2.90 bits per heavy atom. The lowest BCUT2D eigenvalue weighted by atomic mass is 9.89. The second-order valence-electron chi connectivity index (χ2n) is 2.50. The van der Waals surface area contributed by atoms with Crippen LogP contribution in [0, 0.1) is 23.2 Å². The van der Waals surface area contributed by atoms with Crippen molar-refractivity contribution in [1.82, 2.24) is 0 Å². The molecule has 0 radical (unpaired) electrons. The lowest BCUT2D eigenvalue weighted by molar-refractivity contribution is 0.574. The Morgan fingerprint density at radius 1 is 1.70 bits per heavy atom. The predicted molar refractivity (Wildman–Crippen MR) is 39.7 cm³/mol. The van der Waals surface area contributed by atoms with Gasteiger partial charge in [-0.2, -0.15) is 5.26 Å². The SMILES string of the molecule is CC1C(N)=CC=CC1C#N. The van der Waals surface area contributed by atoms with Gasteiger partial charge in [-0.1, -0.05) is 19.1 Å². The van der Waals surface area contributed by atoms with Gasteiger partial charge in [-0.05, 0) is 6.08 Å². The van der Waals surface area contributed by atoms with Crippen molar-refractivity contribution in [1.29, 1.82) is 5.26 Å². The summed E-state index contributed by atoms with van der Waals surface area (Å²) in [6.07, 6.45) is 5.56. The van der Waals surface area contributed by atoms with Crippen LogP contribution < -0.4 is 5.73 Å². The number of allylic oxidation sites excluding steroid dienone is 4. The number of nitriles is 1. The Morgan fingerprint density at radius 2 is 2.40 bits per heavy atom. The molecule has 1 aliphatic carbocycles. The second-order valence-corrected chi connectivity index (χ2v) is 2.50. The van der Waals surface area contributed by atoms with E-state index in [4.69, 9.17) is 11.0 Å². The molecule has 0 saturated heterocycles. The van der Waals surface area contributed by atoms with Crippen molar-refractivity contribution in [2.45, 2.75) is 6.92 Å². The fourth-order valence-corrected chi connectivity index (χ4v) is 0.967. The summed E-state index contributed by atoms with van der Waals surface area (Å²) in [7, 11) is 0. The third kappa shape index (κ3) is 1.03. The number of nitrogens with zero attached hydrogens (tertiary/aromatic N) is 1. The number of hydrogen-bond acceptors (Lipinski definition) is 2. The molecule has 0 aromatic carbocycles. The van der Waals surface area contributed by atoms with E-state index in [9.17, 15) is 0 Å². The van der Waals surface area contributed by atoms with E-state index in [2.05, 4.69) is 6.07 Å². The molecule has 0 saturated carbocycles. The van der Waals surface area contributed by atoms with E-state index in [0.717, 1.165) is 5.70 Å². The minimum absolute atomic E-state index is 0.0370. The Hall–Kier alpha value is -1.23. The third-order valence-corrected chi connectivity index (χ3v) is 1.82. The molecular formula is C8H10N2. The van der Waals surface area contributed by atoms with Crippen molar-refractivity contribution in [3.05, 3.63) is 23.9 Å². The minimum Gasteiger partial charge on any atom is -0.402 e. The molecule has 0 heterocycles. The molecule has 2 heteroatoms. The predicted octanol–water partition coefficient (Wildman–Crippen LogP) is 1.17. The normalized spacial score (nSPS) is 31.0. The van der Waals surface area contributed by atoms with Crippen LogP contribution in [0.15, 0.2) is 23.9 Å². The standard InChI is InChI=1S/C8H10N2/c1-6-7(5-9)3-2-4-8(6)10/h2-4,6-7H,10H2,1H3. The van der Waals surface area contributed by atoms with Crippen molar-refractivity contribution >= 4 is 0 Å². The maximum absolute atomic E-state index is 8.60. The first kappa shape index (κ1) is 6.88. The highest BCUT2D eigenvalue weighted by atomic mass is 14.6. The van der Waals surface area contributed by atoms with E-state index in [-0.39, 0.29) is 11.8 Å². The zero-order valence-electron chi connectivity index (χ0n) is 5.91. The van der Waals surface area contributed by atoms with Crippen molar-refractivity contribution in [3.63, 3.8) is 0 Å². The molecule has 0 spiro atoms. The molecule has 0 bridgehead atoms. The Bertz CT molecular complexity index is 220. The smallest absolute Gasteiger partial charge is 0.0726 e. The molecule has 0 aromatic rings. The summed E-state index contributed by atoms with van der Waals surface area (Å²) in [5.74, 6) is 0.139. The topological polar surface area (TPSA) is 49.8 Å². The highest BCUT2D eigenvalue weighted by Crippen LogP contribution is 2.21. The van der Waals surface area contributed by atoms with Crippen LogP contribution >= 0.6 is 0 Å². The van der Waals surface area contributed by atoms with Gasteiger partial charge in [0.2, 0.25) is 0 Å². The van der Waals surface area contributed by atoms with Gasteiger partial charge in [0.15, 0.2) is 0 Å². The van der Waals surface area contributed by atoms with Gasteiger partial charge in [0.05, 0.1) is 12.0 Å². The van der Waals surface area contributed by atoms with E-state index in [0.29, 0.717) is 0 Å². The van der Waals surface area contributed by atoms with Crippen molar-refractivity contribution < 1.29 is 0 Å². The fourth-order valence-electron chi connectivity index (χ4n) is 0.967. The zero-order chi connectivity index (χ0) is 7.56. The molecule has 10 heavy (non-hydrogen) atoms. The Balaban J connectivity index is 2.80. The molecule has 52 valence electrons. The first-order valence-electron chi connectivity index (χ1n) is 3.29. The average Bonchev–Trinajstić information content (AvgIpc) is 1.95. The molecule has 1 aliphatic rings. The van der Waals surface area contributed by atoms with E-state index in [1.54, 1.807) is 0 Å². The highest BCUT2D eigenvalue weighted by Gasteiger charge is 2.17. The molecular weight excluding hydrogens is 124 g/mol. The highest BCUT2D eigenvalue weighted by molar-refractivity contribution is 5.23. The minimum atomic E-state index is -0.0370. The molecule has 0 fully saturated rings. The average molecular weight is 134 g/mol. The van der Waals surface area contributed by atoms with Crippen molar-refractivity contribution in [3.8, 4) is 6.07 Å². The number of hydrogen-bond donors (Lipinski definition) is 1. The van der Waals surface area contributed by atoms with Crippen LogP contribution in [0.4, 0.5) is 0 Å². The number of rotatable bonds is 0. The van der Waals surface area contributed by atoms with Crippen LogP contribution in [0.25, 0.3) is 0 Å². The number of nitrogens with two attached hydrogens (primary N) is 1. The quantitative estimate of drug-likeness (QED) is 0.540. The molecule has 2 N–H and O–H groups in total. The van der Waals surface area contributed by atoms with E-state index in [1.807, 2.05) is 25.2 Å². The van der Waals surface area contributed by atoms with Gasteiger partial charge in [0, 0.05) is 11.6 Å².